The SMILES string of the molecule is O=C1CCC(c2ccccc3cccc2-3)C1. The van der Waals surface area contributed by atoms with Gasteiger partial charge in [0.15, 0.2) is 0 Å². The third-order valence-corrected chi connectivity index (χ3v) is 3.51. The maximum absolute atomic E-state index is 11.4. The van der Waals surface area contributed by atoms with Gasteiger partial charge in [-0.1, -0.05) is 42.5 Å². The number of hydrogen-bond acceptors (Lipinski definition) is 1. The second kappa shape index (κ2) is 3.75. The Labute approximate surface area is 95.4 Å². The Balaban J connectivity index is 2.08. The first-order valence-corrected chi connectivity index (χ1v) is 5.84. The molecule has 1 saturated carbocycles. The van der Waals surface area contributed by atoms with E-state index in [1.54, 1.807) is 0 Å². The van der Waals surface area contributed by atoms with Gasteiger partial charge in [0.25, 0.3) is 0 Å². The molecule has 0 spiro atoms. The molecule has 0 aliphatic heterocycles. The molecule has 0 saturated heterocycles. The number of ketones is 1. The lowest BCUT2D eigenvalue weighted by atomic mass is 9.93. The molecule has 1 heteroatoms. The highest BCUT2D eigenvalue weighted by Gasteiger charge is 2.25. The van der Waals surface area contributed by atoms with Gasteiger partial charge in [-0.05, 0) is 29.0 Å². The molecule has 1 fully saturated rings. The van der Waals surface area contributed by atoms with Crippen LogP contribution in [-0.4, -0.2) is 5.78 Å². The average Bonchev–Trinajstić information content (AvgIpc) is 2.85. The summed E-state index contributed by atoms with van der Waals surface area (Å²) in [6, 6.07) is 14.8. The molecule has 3 aliphatic rings. The minimum absolute atomic E-state index is 0.413. The van der Waals surface area contributed by atoms with E-state index >= 15 is 0 Å². The van der Waals surface area contributed by atoms with E-state index < -0.39 is 0 Å². The highest BCUT2D eigenvalue weighted by Crippen LogP contribution is 2.38. The molecule has 0 aromatic rings. The minimum Gasteiger partial charge on any atom is -0.300 e. The van der Waals surface area contributed by atoms with E-state index in [2.05, 4.69) is 42.5 Å². The van der Waals surface area contributed by atoms with E-state index in [4.69, 9.17) is 0 Å². The Bertz CT molecular complexity index is 501. The predicted molar refractivity (Wildman–Crippen MR) is 64.7 cm³/mol. The van der Waals surface area contributed by atoms with Gasteiger partial charge >= 0.3 is 0 Å². The zero-order valence-electron chi connectivity index (χ0n) is 9.15. The number of Topliss-reactive ketones (excluding diaryl/α,β-unsaturated/α-hetero) is 1. The third kappa shape index (κ3) is 1.53. The van der Waals surface area contributed by atoms with Crippen LogP contribution in [0.1, 0.15) is 30.7 Å². The molecule has 0 aromatic heterocycles. The van der Waals surface area contributed by atoms with Crippen LogP contribution in [-0.2, 0) is 4.79 Å². The summed E-state index contributed by atoms with van der Waals surface area (Å²) < 4.78 is 0. The highest BCUT2D eigenvalue weighted by atomic mass is 16.1. The lowest BCUT2D eigenvalue weighted by Gasteiger charge is -2.10. The van der Waals surface area contributed by atoms with E-state index in [-0.39, 0.29) is 0 Å². The molecule has 0 amide bonds. The lowest BCUT2D eigenvalue weighted by molar-refractivity contribution is -0.117. The minimum atomic E-state index is 0.413. The van der Waals surface area contributed by atoms with Gasteiger partial charge in [-0.15, -0.1) is 0 Å². The van der Waals surface area contributed by atoms with Crippen LogP contribution < -0.4 is 0 Å². The molecular formula is C15H14O. The zero-order valence-corrected chi connectivity index (χ0v) is 9.15. The second-order valence-electron chi connectivity index (χ2n) is 4.55. The molecule has 0 aromatic carbocycles. The second-order valence-corrected chi connectivity index (χ2v) is 4.55. The fourth-order valence-corrected chi connectivity index (χ4v) is 2.69. The van der Waals surface area contributed by atoms with Crippen molar-refractivity contribution in [3.8, 4) is 11.1 Å². The predicted octanol–water partition coefficient (Wildman–Crippen LogP) is 3.63. The van der Waals surface area contributed by atoms with Crippen LogP contribution in [0.2, 0.25) is 0 Å². The number of carbonyl (C=O) groups is 1. The summed E-state index contributed by atoms with van der Waals surface area (Å²) in [6.45, 7) is 0. The Hall–Kier alpha value is -1.63. The first-order valence-electron chi connectivity index (χ1n) is 5.84. The largest absolute Gasteiger partial charge is 0.300 e. The molecule has 1 atom stereocenters. The van der Waals surface area contributed by atoms with Crippen LogP contribution in [0, 0.1) is 0 Å². The van der Waals surface area contributed by atoms with E-state index in [9.17, 15) is 4.79 Å². The molecule has 1 unspecified atom stereocenters. The Kier molecular flexibility index (Phi) is 2.24. The molecule has 16 heavy (non-hydrogen) atoms. The average molecular weight is 210 g/mol. The standard InChI is InChI=1S/C15H14O/c16-13-9-8-12(10-13)15-6-2-1-4-11-5-3-7-14(11)15/h1-7,12H,8-10H2. The van der Waals surface area contributed by atoms with Crippen LogP contribution in [0.3, 0.4) is 0 Å². The monoisotopic (exact) mass is 210 g/mol. The van der Waals surface area contributed by atoms with Gasteiger partial charge in [0, 0.05) is 12.8 Å². The van der Waals surface area contributed by atoms with Crippen LogP contribution in [0.15, 0.2) is 42.5 Å². The molecule has 80 valence electrons. The van der Waals surface area contributed by atoms with E-state index in [0.29, 0.717) is 11.7 Å². The number of fused-ring (bicyclic) bond motifs is 1. The van der Waals surface area contributed by atoms with Crippen LogP contribution in [0.4, 0.5) is 0 Å². The van der Waals surface area contributed by atoms with Crippen molar-refractivity contribution in [1.29, 1.82) is 0 Å². The van der Waals surface area contributed by atoms with Crippen molar-refractivity contribution >= 4 is 5.78 Å². The van der Waals surface area contributed by atoms with Gasteiger partial charge < -0.3 is 0 Å². The van der Waals surface area contributed by atoms with E-state index in [0.717, 1.165) is 19.3 Å². The summed E-state index contributed by atoms with van der Waals surface area (Å²) in [6.07, 6.45) is 2.50. The summed E-state index contributed by atoms with van der Waals surface area (Å²) in [5, 5.41) is 0. The zero-order chi connectivity index (χ0) is 11.0. The van der Waals surface area contributed by atoms with Crippen molar-refractivity contribution in [2.24, 2.45) is 0 Å². The van der Waals surface area contributed by atoms with Crippen molar-refractivity contribution < 1.29 is 4.79 Å². The van der Waals surface area contributed by atoms with Crippen molar-refractivity contribution in [2.45, 2.75) is 25.2 Å². The third-order valence-electron chi connectivity index (χ3n) is 3.51. The molecule has 3 rings (SSSR count). The van der Waals surface area contributed by atoms with Crippen LogP contribution in [0.25, 0.3) is 11.1 Å². The van der Waals surface area contributed by atoms with Gasteiger partial charge in [0.2, 0.25) is 0 Å². The fraction of sp³-hybridized carbons (Fsp3) is 0.267. The van der Waals surface area contributed by atoms with Gasteiger partial charge in [-0.3, -0.25) is 4.79 Å². The first-order chi connectivity index (χ1) is 7.84. The molecule has 1 nitrogen and oxygen atoms in total. The topological polar surface area (TPSA) is 17.1 Å². The number of rotatable bonds is 1. The summed E-state index contributed by atoms with van der Waals surface area (Å²) in [7, 11) is 0. The smallest absolute Gasteiger partial charge is 0.133 e. The molecule has 3 aliphatic carbocycles. The molecular weight excluding hydrogens is 196 g/mol. The quantitative estimate of drug-likeness (QED) is 0.702. The Morgan fingerprint density at radius 3 is 2.62 bits per heavy atom. The Morgan fingerprint density at radius 2 is 1.81 bits per heavy atom. The number of carbonyl (C=O) groups excluding carboxylic acids is 1. The number of hydrogen-bond donors (Lipinski definition) is 0. The van der Waals surface area contributed by atoms with E-state index in [1.165, 1.54) is 16.7 Å². The van der Waals surface area contributed by atoms with Gasteiger partial charge in [-0.2, -0.15) is 0 Å². The van der Waals surface area contributed by atoms with Crippen molar-refractivity contribution in [1.82, 2.24) is 0 Å². The Morgan fingerprint density at radius 1 is 1.00 bits per heavy atom. The summed E-state index contributed by atoms with van der Waals surface area (Å²) >= 11 is 0. The summed E-state index contributed by atoms with van der Waals surface area (Å²) in [5.74, 6) is 0.848. The summed E-state index contributed by atoms with van der Waals surface area (Å²) in [4.78, 5) is 11.4. The van der Waals surface area contributed by atoms with Gasteiger partial charge in [-0.25, -0.2) is 0 Å². The van der Waals surface area contributed by atoms with Crippen molar-refractivity contribution in [3.05, 3.63) is 48.0 Å². The van der Waals surface area contributed by atoms with Crippen molar-refractivity contribution in [3.63, 3.8) is 0 Å². The maximum Gasteiger partial charge on any atom is 0.133 e. The fourth-order valence-electron chi connectivity index (χ4n) is 2.69. The van der Waals surface area contributed by atoms with Crippen LogP contribution in [0.5, 0.6) is 0 Å². The summed E-state index contributed by atoms with van der Waals surface area (Å²) in [5.41, 5.74) is 3.93. The highest BCUT2D eigenvalue weighted by molar-refractivity contribution is 5.82. The van der Waals surface area contributed by atoms with Crippen molar-refractivity contribution in [2.75, 3.05) is 0 Å². The first kappa shape index (κ1) is 9.59. The molecule has 0 bridgehead atoms. The van der Waals surface area contributed by atoms with E-state index in [1.807, 2.05) is 0 Å². The molecule has 0 radical (unpaired) electrons. The van der Waals surface area contributed by atoms with Gasteiger partial charge in [0.1, 0.15) is 5.78 Å². The molecule has 0 N–H and O–H groups in total. The normalized spacial score (nSPS) is 20.5. The van der Waals surface area contributed by atoms with Crippen LogP contribution >= 0.6 is 0 Å². The lowest BCUT2D eigenvalue weighted by Crippen LogP contribution is -1.94. The maximum atomic E-state index is 11.4. The van der Waals surface area contributed by atoms with Gasteiger partial charge in [0.05, 0.1) is 0 Å². The molecule has 0 heterocycles.